The molecule has 3 amide bonds. The summed E-state index contributed by atoms with van der Waals surface area (Å²) in [5.74, 6) is 0.103. The zero-order chi connectivity index (χ0) is 18.1. The van der Waals surface area contributed by atoms with Crippen molar-refractivity contribution in [1.82, 2.24) is 19.7 Å². The van der Waals surface area contributed by atoms with Crippen LogP contribution in [0.2, 0.25) is 0 Å². The molecule has 1 aliphatic carbocycles. The molecular weight excluding hydrogens is 316 g/mol. The van der Waals surface area contributed by atoms with Gasteiger partial charge in [0.05, 0.1) is 5.56 Å². The summed E-state index contributed by atoms with van der Waals surface area (Å²) in [6.07, 6.45) is 3.25. The van der Waals surface area contributed by atoms with Gasteiger partial charge in [-0.1, -0.05) is 0 Å². The Balaban J connectivity index is 1.67. The summed E-state index contributed by atoms with van der Waals surface area (Å²) in [6.45, 7) is 10.6. The van der Waals surface area contributed by atoms with Crippen molar-refractivity contribution in [2.75, 3.05) is 26.2 Å². The van der Waals surface area contributed by atoms with Crippen molar-refractivity contribution >= 4 is 11.9 Å². The molecule has 25 heavy (non-hydrogen) atoms. The Labute approximate surface area is 150 Å². The van der Waals surface area contributed by atoms with Gasteiger partial charge in [-0.25, -0.2) is 4.79 Å². The van der Waals surface area contributed by atoms with Crippen LogP contribution in [0.15, 0.2) is 6.07 Å². The van der Waals surface area contributed by atoms with Gasteiger partial charge < -0.3 is 19.7 Å². The van der Waals surface area contributed by atoms with E-state index in [0.717, 1.165) is 17.7 Å². The number of aryl methyl sites for hydroxylation is 1. The zero-order valence-corrected chi connectivity index (χ0v) is 15.8. The van der Waals surface area contributed by atoms with Crippen molar-refractivity contribution < 1.29 is 9.59 Å². The molecule has 0 aromatic carbocycles. The van der Waals surface area contributed by atoms with E-state index >= 15 is 0 Å². The molecule has 138 valence electrons. The highest BCUT2D eigenvalue weighted by atomic mass is 16.2. The fraction of sp³-hybridized carbons (Fsp3) is 0.684. The minimum absolute atomic E-state index is 0.0313. The van der Waals surface area contributed by atoms with Gasteiger partial charge in [-0.15, -0.1) is 0 Å². The lowest BCUT2D eigenvalue weighted by molar-refractivity contribution is 0.0761. The minimum Gasteiger partial charge on any atom is -0.345 e. The molecule has 0 radical (unpaired) electrons. The van der Waals surface area contributed by atoms with E-state index in [1.54, 1.807) is 0 Å². The predicted octanol–water partition coefficient (Wildman–Crippen LogP) is 2.71. The summed E-state index contributed by atoms with van der Waals surface area (Å²) >= 11 is 0. The lowest BCUT2D eigenvalue weighted by Crippen LogP contribution is -2.44. The summed E-state index contributed by atoms with van der Waals surface area (Å²) in [5.41, 5.74) is 3.09. The van der Waals surface area contributed by atoms with E-state index in [0.29, 0.717) is 32.2 Å². The molecule has 1 aromatic heterocycles. The van der Waals surface area contributed by atoms with Gasteiger partial charge in [-0.3, -0.25) is 4.79 Å². The number of carbonyl (C=O) groups is 2. The third-order valence-corrected chi connectivity index (χ3v) is 5.11. The first-order chi connectivity index (χ1) is 11.9. The predicted molar refractivity (Wildman–Crippen MR) is 97.9 cm³/mol. The molecule has 6 nitrogen and oxygen atoms in total. The average Bonchev–Trinajstić information content (AvgIpc) is 3.34. The Bertz CT molecular complexity index is 661. The summed E-state index contributed by atoms with van der Waals surface area (Å²) in [5, 5.41) is 2.94. The minimum atomic E-state index is -0.0313. The molecule has 1 saturated carbocycles. The Morgan fingerprint density at radius 3 is 2.36 bits per heavy atom. The van der Waals surface area contributed by atoms with Crippen LogP contribution in [0, 0.1) is 13.8 Å². The van der Waals surface area contributed by atoms with Crippen molar-refractivity contribution in [2.24, 2.45) is 0 Å². The van der Waals surface area contributed by atoms with Gasteiger partial charge in [0.1, 0.15) is 0 Å². The number of aromatic nitrogens is 1. The number of carbonyl (C=O) groups excluding carboxylic acids is 2. The summed E-state index contributed by atoms with van der Waals surface area (Å²) in [7, 11) is 0. The van der Waals surface area contributed by atoms with Crippen LogP contribution in [0.3, 0.4) is 0 Å². The topological polar surface area (TPSA) is 57.6 Å². The summed E-state index contributed by atoms with van der Waals surface area (Å²) in [6, 6.07) is 2.71. The monoisotopic (exact) mass is 346 g/mol. The van der Waals surface area contributed by atoms with Crippen LogP contribution in [0.1, 0.15) is 60.9 Å². The number of nitrogens with zero attached hydrogens (tertiary/aromatic N) is 3. The van der Waals surface area contributed by atoms with E-state index in [-0.39, 0.29) is 18.0 Å². The fourth-order valence-electron chi connectivity index (χ4n) is 3.72. The summed E-state index contributed by atoms with van der Waals surface area (Å²) in [4.78, 5) is 29.0. The molecule has 0 unspecified atom stereocenters. The van der Waals surface area contributed by atoms with Gasteiger partial charge in [0.25, 0.3) is 5.91 Å². The van der Waals surface area contributed by atoms with Gasteiger partial charge >= 0.3 is 6.03 Å². The van der Waals surface area contributed by atoms with Crippen molar-refractivity contribution in [3.05, 3.63) is 23.0 Å². The van der Waals surface area contributed by atoms with E-state index in [1.807, 2.05) is 29.7 Å². The molecule has 1 aromatic rings. The van der Waals surface area contributed by atoms with Crippen molar-refractivity contribution in [1.29, 1.82) is 0 Å². The molecule has 0 atom stereocenters. The van der Waals surface area contributed by atoms with Crippen molar-refractivity contribution in [2.45, 2.75) is 59.0 Å². The molecule has 0 bridgehead atoms. The fourth-order valence-corrected chi connectivity index (χ4v) is 3.72. The van der Waals surface area contributed by atoms with E-state index in [2.05, 4.69) is 23.7 Å². The second kappa shape index (κ2) is 7.10. The van der Waals surface area contributed by atoms with Crippen molar-refractivity contribution in [3.63, 3.8) is 0 Å². The molecule has 0 spiro atoms. The Kier molecular flexibility index (Phi) is 5.06. The standard InChI is InChI=1S/C19H30N4O2/c1-13(2)20-19(25)22-9-5-8-21(10-11-22)18(24)17-12-14(3)23(15(17)4)16-6-7-16/h12-13,16H,5-11H2,1-4H3,(H,20,25). The maximum atomic E-state index is 13.0. The molecule has 1 aliphatic heterocycles. The smallest absolute Gasteiger partial charge is 0.317 e. The molecule has 1 N–H and O–H groups in total. The van der Waals surface area contributed by atoms with Gasteiger partial charge in [0.2, 0.25) is 0 Å². The number of hydrogen-bond acceptors (Lipinski definition) is 2. The quantitative estimate of drug-likeness (QED) is 0.915. The van der Waals surface area contributed by atoms with Gasteiger partial charge in [-0.2, -0.15) is 0 Å². The van der Waals surface area contributed by atoms with Crippen LogP contribution in [0.25, 0.3) is 0 Å². The number of nitrogens with one attached hydrogen (secondary N) is 1. The molecule has 3 rings (SSSR count). The third-order valence-electron chi connectivity index (χ3n) is 5.11. The second-order valence-electron chi connectivity index (χ2n) is 7.62. The van der Waals surface area contributed by atoms with Crippen LogP contribution < -0.4 is 5.32 Å². The molecule has 6 heteroatoms. The normalized spacial score (nSPS) is 18.4. The molecule has 2 heterocycles. The maximum absolute atomic E-state index is 13.0. The van der Waals surface area contributed by atoms with Gasteiger partial charge in [0, 0.05) is 49.7 Å². The summed E-state index contributed by atoms with van der Waals surface area (Å²) < 4.78 is 2.31. The highest BCUT2D eigenvalue weighted by Crippen LogP contribution is 2.38. The first-order valence-corrected chi connectivity index (χ1v) is 9.41. The third kappa shape index (κ3) is 3.83. The van der Waals surface area contributed by atoms with Gasteiger partial charge in [0.15, 0.2) is 0 Å². The lowest BCUT2D eigenvalue weighted by atomic mass is 10.2. The number of amides is 3. The largest absolute Gasteiger partial charge is 0.345 e. The van der Waals surface area contributed by atoms with E-state index < -0.39 is 0 Å². The Morgan fingerprint density at radius 1 is 1.08 bits per heavy atom. The number of rotatable bonds is 3. The first kappa shape index (κ1) is 17.8. The van der Waals surface area contributed by atoms with Crippen molar-refractivity contribution in [3.8, 4) is 0 Å². The number of hydrogen-bond donors (Lipinski definition) is 1. The SMILES string of the molecule is Cc1cc(C(=O)N2CCCN(C(=O)NC(C)C)CC2)c(C)n1C1CC1. The average molecular weight is 346 g/mol. The highest BCUT2D eigenvalue weighted by molar-refractivity contribution is 5.95. The van der Waals surface area contributed by atoms with Crippen LogP contribution in [0.4, 0.5) is 4.79 Å². The second-order valence-corrected chi connectivity index (χ2v) is 7.62. The molecular formula is C19H30N4O2. The number of urea groups is 1. The maximum Gasteiger partial charge on any atom is 0.317 e. The zero-order valence-electron chi connectivity index (χ0n) is 15.8. The molecule has 2 fully saturated rings. The van der Waals surface area contributed by atoms with Gasteiger partial charge in [-0.05, 0) is 53.0 Å². The van der Waals surface area contributed by atoms with Crippen LogP contribution in [-0.4, -0.2) is 58.5 Å². The highest BCUT2D eigenvalue weighted by Gasteiger charge is 2.30. The van der Waals surface area contributed by atoms with E-state index in [1.165, 1.54) is 18.5 Å². The molecule has 1 saturated heterocycles. The first-order valence-electron chi connectivity index (χ1n) is 9.41. The van der Waals surface area contributed by atoms with Crippen LogP contribution >= 0.6 is 0 Å². The molecule has 2 aliphatic rings. The van der Waals surface area contributed by atoms with Crippen LogP contribution in [0.5, 0.6) is 0 Å². The lowest BCUT2D eigenvalue weighted by Gasteiger charge is -2.23. The Morgan fingerprint density at radius 2 is 1.72 bits per heavy atom. The Hall–Kier alpha value is -1.98. The van der Waals surface area contributed by atoms with E-state index in [9.17, 15) is 9.59 Å². The van der Waals surface area contributed by atoms with E-state index in [4.69, 9.17) is 0 Å². The van der Waals surface area contributed by atoms with Crippen LogP contribution in [-0.2, 0) is 0 Å².